The van der Waals surface area contributed by atoms with Gasteiger partial charge in [0.15, 0.2) is 0 Å². The highest BCUT2D eigenvalue weighted by molar-refractivity contribution is 5.96. The van der Waals surface area contributed by atoms with Gasteiger partial charge in [0.25, 0.3) is 5.91 Å². The molecule has 4 heteroatoms. The predicted molar refractivity (Wildman–Crippen MR) is 87.6 cm³/mol. The zero-order valence-corrected chi connectivity index (χ0v) is 12.4. The molecule has 0 spiro atoms. The summed E-state index contributed by atoms with van der Waals surface area (Å²) < 4.78 is 0. The van der Waals surface area contributed by atoms with E-state index in [-0.39, 0.29) is 5.91 Å². The Hall–Kier alpha value is -2.49. The first-order valence-electron chi connectivity index (χ1n) is 7.02. The van der Waals surface area contributed by atoms with Crippen LogP contribution in [0.3, 0.4) is 0 Å². The van der Waals surface area contributed by atoms with Gasteiger partial charge in [0.1, 0.15) is 0 Å². The lowest BCUT2D eigenvalue weighted by Gasteiger charge is -2.16. The van der Waals surface area contributed by atoms with Gasteiger partial charge in [-0.05, 0) is 29.7 Å². The van der Waals surface area contributed by atoms with Gasteiger partial charge >= 0.3 is 0 Å². The molecule has 0 bridgehead atoms. The number of hydrogen-bond donors (Lipinski definition) is 3. The van der Waals surface area contributed by atoms with Crippen molar-refractivity contribution in [1.82, 2.24) is 5.32 Å². The maximum atomic E-state index is 11.7. The second-order valence-corrected chi connectivity index (χ2v) is 5.07. The van der Waals surface area contributed by atoms with E-state index in [0.29, 0.717) is 17.2 Å². The maximum Gasteiger partial charge on any atom is 0.251 e. The lowest BCUT2D eigenvalue weighted by Crippen LogP contribution is -2.18. The molecule has 21 heavy (non-hydrogen) atoms. The van der Waals surface area contributed by atoms with Crippen LogP contribution in [0.1, 0.15) is 28.8 Å². The predicted octanol–water partition coefficient (Wildman–Crippen LogP) is 2.84. The van der Waals surface area contributed by atoms with Gasteiger partial charge in [0.05, 0.1) is 11.4 Å². The van der Waals surface area contributed by atoms with Crippen molar-refractivity contribution < 1.29 is 4.79 Å². The summed E-state index contributed by atoms with van der Waals surface area (Å²) in [6.07, 6.45) is 0. The first kappa shape index (κ1) is 14.9. The molecule has 0 aliphatic rings. The lowest BCUT2D eigenvalue weighted by molar-refractivity contribution is 0.0963. The van der Waals surface area contributed by atoms with Crippen molar-refractivity contribution in [2.45, 2.75) is 12.8 Å². The molecule has 0 aliphatic carbocycles. The van der Waals surface area contributed by atoms with Crippen LogP contribution >= 0.6 is 0 Å². The van der Waals surface area contributed by atoms with Gasteiger partial charge < -0.3 is 16.4 Å². The van der Waals surface area contributed by atoms with E-state index in [1.807, 2.05) is 18.2 Å². The number of carbonyl (C=O) groups is 1. The van der Waals surface area contributed by atoms with E-state index in [9.17, 15) is 4.79 Å². The van der Waals surface area contributed by atoms with Crippen LogP contribution in [-0.2, 0) is 0 Å². The normalized spacial score (nSPS) is 11.7. The molecule has 0 aromatic heterocycles. The van der Waals surface area contributed by atoms with E-state index < -0.39 is 0 Å². The number of benzene rings is 2. The van der Waals surface area contributed by atoms with Crippen molar-refractivity contribution in [1.29, 1.82) is 0 Å². The molecule has 1 amide bonds. The van der Waals surface area contributed by atoms with Crippen LogP contribution in [-0.4, -0.2) is 19.5 Å². The molecule has 0 saturated heterocycles. The quantitative estimate of drug-likeness (QED) is 0.739. The summed E-state index contributed by atoms with van der Waals surface area (Å²) in [6, 6.07) is 15.5. The average Bonchev–Trinajstić information content (AvgIpc) is 2.53. The number of hydrogen-bond acceptors (Lipinski definition) is 3. The Labute approximate surface area is 125 Å². The van der Waals surface area contributed by atoms with Crippen LogP contribution in [0.5, 0.6) is 0 Å². The minimum Gasteiger partial charge on any atom is -0.397 e. The Morgan fingerprint density at radius 3 is 2.57 bits per heavy atom. The smallest absolute Gasteiger partial charge is 0.251 e. The van der Waals surface area contributed by atoms with Gasteiger partial charge in [-0.15, -0.1) is 0 Å². The van der Waals surface area contributed by atoms with Crippen LogP contribution < -0.4 is 16.4 Å². The Bertz CT molecular complexity index is 611. The van der Waals surface area contributed by atoms with Crippen LogP contribution in [0.2, 0.25) is 0 Å². The highest BCUT2D eigenvalue weighted by Gasteiger charge is 2.09. The molecule has 0 aliphatic heterocycles. The number of carbonyl (C=O) groups excluding carboxylic acids is 1. The summed E-state index contributed by atoms with van der Waals surface area (Å²) in [5.74, 6) is 0.239. The van der Waals surface area contributed by atoms with Crippen LogP contribution in [0, 0.1) is 0 Å². The summed E-state index contributed by atoms with van der Waals surface area (Å²) in [7, 11) is 1.61. The first-order valence-corrected chi connectivity index (χ1v) is 7.02. The van der Waals surface area contributed by atoms with E-state index in [4.69, 9.17) is 5.73 Å². The van der Waals surface area contributed by atoms with E-state index in [0.717, 1.165) is 12.2 Å². The zero-order chi connectivity index (χ0) is 15.2. The fourth-order valence-electron chi connectivity index (χ4n) is 2.16. The highest BCUT2D eigenvalue weighted by Crippen LogP contribution is 2.22. The first-order chi connectivity index (χ1) is 10.1. The maximum absolute atomic E-state index is 11.7. The van der Waals surface area contributed by atoms with E-state index in [2.05, 4.69) is 29.7 Å². The number of nitrogens with two attached hydrogens (primary N) is 1. The van der Waals surface area contributed by atoms with E-state index in [1.54, 1.807) is 25.2 Å². The van der Waals surface area contributed by atoms with Crippen molar-refractivity contribution >= 4 is 17.3 Å². The Morgan fingerprint density at radius 2 is 1.90 bits per heavy atom. The third-order valence-electron chi connectivity index (χ3n) is 3.51. The molecule has 0 saturated carbocycles. The summed E-state index contributed by atoms with van der Waals surface area (Å²) in [6.45, 7) is 2.91. The Kier molecular flexibility index (Phi) is 4.82. The highest BCUT2D eigenvalue weighted by atomic mass is 16.1. The van der Waals surface area contributed by atoms with Gasteiger partial charge in [-0.2, -0.15) is 0 Å². The fraction of sp³-hybridized carbons (Fsp3) is 0.235. The number of nitrogen functional groups attached to an aromatic ring is 1. The largest absolute Gasteiger partial charge is 0.397 e. The van der Waals surface area contributed by atoms with Gasteiger partial charge in [0, 0.05) is 19.2 Å². The molecule has 2 aromatic carbocycles. The Morgan fingerprint density at radius 1 is 1.19 bits per heavy atom. The van der Waals surface area contributed by atoms with Gasteiger partial charge in [-0.25, -0.2) is 0 Å². The van der Waals surface area contributed by atoms with E-state index in [1.165, 1.54) is 5.56 Å². The van der Waals surface area contributed by atoms with Crippen LogP contribution in [0.25, 0.3) is 0 Å². The number of anilines is 2. The summed E-state index contributed by atoms with van der Waals surface area (Å²) in [4.78, 5) is 11.7. The second-order valence-electron chi connectivity index (χ2n) is 5.07. The third kappa shape index (κ3) is 3.75. The molecule has 1 unspecified atom stereocenters. The van der Waals surface area contributed by atoms with Crippen molar-refractivity contribution in [3.05, 3.63) is 59.7 Å². The molecular formula is C17H21N3O. The lowest BCUT2D eigenvalue weighted by atomic mass is 10.0. The zero-order valence-electron chi connectivity index (χ0n) is 12.4. The third-order valence-corrected chi connectivity index (χ3v) is 3.51. The summed E-state index contributed by atoms with van der Waals surface area (Å²) in [5, 5.41) is 5.94. The minimum absolute atomic E-state index is 0.117. The van der Waals surface area contributed by atoms with Gasteiger partial charge in [-0.3, -0.25) is 4.79 Å². The molecule has 1 atom stereocenters. The van der Waals surface area contributed by atoms with Crippen molar-refractivity contribution in [3.63, 3.8) is 0 Å². The van der Waals surface area contributed by atoms with Crippen molar-refractivity contribution in [2.24, 2.45) is 0 Å². The molecule has 0 heterocycles. The fourth-order valence-corrected chi connectivity index (χ4v) is 2.16. The molecule has 2 rings (SSSR count). The number of rotatable bonds is 5. The van der Waals surface area contributed by atoms with Crippen molar-refractivity contribution in [3.8, 4) is 0 Å². The Balaban J connectivity index is 2.07. The molecule has 110 valence electrons. The summed E-state index contributed by atoms with van der Waals surface area (Å²) in [5.41, 5.74) is 9.26. The molecular weight excluding hydrogens is 262 g/mol. The van der Waals surface area contributed by atoms with Gasteiger partial charge in [0.2, 0.25) is 0 Å². The monoisotopic (exact) mass is 283 g/mol. The SMILES string of the molecule is CNC(=O)c1ccc(N)c(NCC(C)c2ccccc2)c1. The van der Waals surface area contributed by atoms with Gasteiger partial charge in [-0.1, -0.05) is 37.3 Å². The standard InChI is InChI=1S/C17H21N3O/c1-12(13-6-4-3-5-7-13)11-20-16-10-14(17(21)19-2)8-9-15(16)18/h3-10,12,20H,11,18H2,1-2H3,(H,19,21). The number of nitrogens with one attached hydrogen (secondary N) is 2. The molecule has 0 radical (unpaired) electrons. The topological polar surface area (TPSA) is 67.2 Å². The van der Waals surface area contributed by atoms with Crippen LogP contribution in [0.4, 0.5) is 11.4 Å². The molecule has 4 nitrogen and oxygen atoms in total. The second kappa shape index (κ2) is 6.79. The van der Waals surface area contributed by atoms with Crippen molar-refractivity contribution in [2.75, 3.05) is 24.6 Å². The van der Waals surface area contributed by atoms with E-state index >= 15 is 0 Å². The number of amides is 1. The van der Waals surface area contributed by atoms with Crippen LogP contribution in [0.15, 0.2) is 48.5 Å². The molecule has 2 aromatic rings. The average molecular weight is 283 g/mol. The molecule has 0 fully saturated rings. The summed E-state index contributed by atoms with van der Waals surface area (Å²) >= 11 is 0. The minimum atomic E-state index is -0.117. The molecule has 4 N–H and O–H groups in total.